The zero-order valence-electron chi connectivity index (χ0n) is 10.3. The Morgan fingerprint density at radius 2 is 1.67 bits per heavy atom. The summed E-state index contributed by atoms with van der Waals surface area (Å²) >= 11 is 0. The van der Waals surface area contributed by atoms with E-state index in [-0.39, 0.29) is 0 Å². The Labute approximate surface area is 107 Å². The Hall–Kier alpha value is -2.02. The van der Waals surface area contributed by atoms with Crippen LogP contribution in [0.2, 0.25) is 0 Å². The number of rotatable bonds is 2. The fraction of sp³-hybridized carbons (Fsp3) is 0.176. The highest BCUT2D eigenvalue weighted by atomic mass is 16.3. The average Bonchev–Trinajstić information content (AvgIpc) is 3.10. The van der Waals surface area contributed by atoms with E-state index in [2.05, 4.69) is 24.3 Å². The highest BCUT2D eigenvalue weighted by molar-refractivity contribution is 5.74. The van der Waals surface area contributed by atoms with Crippen LogP contribution in [0.1, 0.15) is 24.8 Å². The Morgan fingerprint density at radius 1 is 0.944 bits per heavy atom. The summed E-state index contributed by atoms with van der Waals surface area (Å²) in [5.74, 6) is 0.455. The lowest BCUT2D eigenvalue weighted by Crippen LogP contribution is -1.92. The van der Waals surface area contributed by atoms with Gasteiger partial charge in [0, 0.05) is 5.57 Å². The van der Waals surface area contributed by atoms with Crippen LogP contribution in [0, 0.1) is 0 Å². The number of allylic oxidation sites excluding steroid dienone is 7. The Bertz CT molecular complexity index is 557. The van der Waals surface area contributed by atoms with Crippen molar-refractivity contribution in [3.05, 3.63) is 77.1 Å². The summed E-state index contributed by atoms with van der Waals surface area (Å²) in [6.07, 6.45) is 11.0. The van der Waals surface area contributed by atoms with Crippen molar-refractivity contribution in [2.45, 2.75) is 19.3 Å². The van der Waals surface area contributed by atoms with Gasteiger partial charge in [0.1, 0.15) is 5.76 Å². The van der Waals surface area contributed by atoms with Crippen molar-refractivity contribution in [3.63, 3.8) is 0 Å². The number of benzene rings is 1. The molecule has 18 heavy (non-hydrogen) atoms. The van der Waals surface area contributed by atoms with E-state index in [0.717, 1.165) is 30.4 Å². The predicted octanol–water partition coefficient (Wildman–Crippen LogP) is 4.56. The van der Waals surface area contributed by atoms with E-state index in [1.165, 1.54) is 11.1 Å². The molecule has 1 aromatic rings. The average molecular weight is 236 g/mol. The van der Waals surface area contributed by atoms with Crippen molar-refractivity contribution in [1.29, 1.82) is 0 Å². The second kappa shape index (κ2) is 4.69. The summed E-state index contributed by atoms with van der Waals surface area (Å²) in [4.78, 5) is 0. The molecule has 0 bridgehead atoms. The lowest BCUT2D eigenvalue weighted by atomic mass is 9.99. The first-order chi connectivity index (χ1) is 8.86. The quantitative estimate of drug-likeness (QED) is 0.746. The standard InChI is InChI=1S/C17H16O/c18-17(14-9-4-5-10-14)16-12-6-11-15(16)13-7-2-1-3-8-13/h1-5,7-10,18H,6,11-12H2. The lowest BCUT2D eigenvalue weighted by Gasteiger charge is -2.08. The maximum absolute atomic E-state index is 10.4. The Morgan fingerprint density at radius 3 is 2.39 bits per heavy atom. The molecule has 0 atom stereocenters. The van der Waals surface area contributed by atoms with Gasteiger partial charge in [-0.15, -0.1) is 0 Å². The monoisotopic (exact) mass is 236 g/mol. The van der Waals surface area contributed by atoms with Crippen LogP contribution >= 0.6 is 0 Å². The minimum absolute atomic E-state index is 0.455. The Kier molecular flexibility index (Phi) is 2.89. The topological polar surface area (TPSA) is 20.2 Å². The fourth-order valence-corrected chi connectivity index (χ4v) is 2.67. The first-order valence-electron chi connectivity index (χ1n) is 6.42. The van der Waals surface area contributed by atoms with Crippen molar-refractivity contribution in [1.82, 2.24) is 0 Å². The van der Waals surface area contributed by atoms with E-state index in [4.69, 9.17) is 0 Å². The van der Waals surface area contributed by atoms with E-state index < -0.39 is 0 Å². The van der Waals surface area contributed by atoms with Crippen molar-refractivity contribution in [2.24, 2.45) is 0 Å². The normalized spacial score (nSPS) is 17.9. The van der Waals surface area contributed by atoms with Gasteiger partial charge in [-0.3, -0.25) is 0 Å². The maximum Gasteiger partial charge on any atom is 0.126 e. The molecule has 1 nitrogen and oxygen atoms in total. The third-order valence-corrected chi connectivity index (χ3v) is 3.56. The molecule has 0 saturated heterocycles. The zero-order chi connectivity index (χ0) is 12.4. The van der Waals surface area contributed by atoms with Crippen LogP contribution < -0.4 is 0 Å². The molecule has 0 radical (unpaired) electrons. The third-order valence-electron chi connectivity index (χ3n) is 3.56. The van der Waals surface area contributed by atoms with Crippen LogP contribution in [0.3, 0.4) is 0 Å². The highest BCUT2D eigenvalue weighted by Crippen LogP contribution is 2.38. The highest BCUT2D eigenvalue weighted by Gasteiger charge is 2.20. The van der Waals surface area contributed by atoms with Crippen LogP contribution in [0.5, 0.6) is 0 Å². The van der Waals surface area contributed by atoms with Gasteiger partial charge in [-0.1, -0.05) is 54.6 Å². The summed E-state index contributed by atoms with van der Waals surface area (Å²) in [7, 11) is 0. The molecule has 3 rings (SSSR count). The smallest absolute Gasteiger partial charge is 0.126 e. The maximum atomic E-state index is 10.4. The summed E-state index contributed by atoms with van der Waals surface area (Å²) in [6.45, 7) is 0. The molecule has 1 aromatic carbocycles. The molecule has 2 aliphatic rings. The minimum atomic E-state index is 0.455. The molecule has 0 fully saturated rings. The van der Waals surface area contributed by atoms with Crippen LogP contribution in [0.25, 0.3) is 5.57 Å². The molecule has 2 aliphatic carbocycles. The van der Waals surface area contributed by atoms with E-state index in [1.54, 1.807) is 0 Å². The number of hydrogen-bond acceptors (Lipinski definition) is 1. The molecule has 1 heteroatoms. The zero-order valence-corrected chi connectivity index (χ0v) is 10.3. The summed E-state index contributed by atoms with van der Waals surface area (Å²) in [6, 6.07) is 10.4. The molecule has 0 aromatic heterocycles. The largest absolute Gasteiger partial charge is 0.507 e. The molecule has 0 unspecified atom stereocenters. The number of aliphatic hydroxyl groups is 1. The summed E-state index contributed by atoms with van der Waals surface area (Å²) < 4.78 is 0. The van der Waals surface area contributed by atoms with E-state index in [9.17, 15) is 5.11 Å². The van der Waals surface area contributed by atoms with Gasteiger partial charge in [0.25, 0.3) is 0 Å². The van der Waals surface area contributed by atoms with Gasteiger partial charge < -0.3 is 5.11 Å². The van der Waals surface area contributed by atoms with Crippen molar-refractivity contribution >= 4 is 5.57 Å². The third kappa shape index (κ3) is 1.92. The van der Waals surface area contributed by atoms with Crippen molar-refractivity contribution in [3.8, 4) is 0 Å². The van der Waals surface area contributed by atoms with E-state index in [1.807, 2.05) is 30.4 Å². The van der Waals surface area contributed by atoms with E-state index in [0.29, 0.717) is 5.76 Å². The van der Waals surface area contributed by atoms with Gasteiger partial charge in [-0.25, -0.2) is 0 Å². The first kappa shape index (κ1) is 11.1. The summed E-state index contributed by atoms with van der Waals surface area (Å²) in [5.41, 5.74) is 4.59. The lowest BCUT2D eigenvalue weighted by molar-refractivity contribution is 0.417. The first-order valence-corrected chi connectivity index (χ1v) is 6.42. The molecular formula is C17H16O. The molecule has 0 amide bonds. The SMILES string of the molecule is OC(=C1C=CC=C1)C1=C(c2ccccc2)CCC1. The second-order valence-electron chi connectivity index (χ2n) is 4.70. The number of aliphatic hydroxyl groups excluding tert-OH is 1. The molecule has 90 valence electrons. The van der Waals surface area contributed by atoms with Crippen LogP contribution in [0.4, 0.5) is 0 Å². The molecule has 0 aliphatic heterocycles. The number of hydrogen-bond donors (Lipinski definition) is 1. The molecule has 0 saturated carbocycles. The van der Waals surface area contributed by atoms with Crippen molar-refractivity contribution in [2.75, 3.05) is 0 Å². The van der Waals surface area contributed by atoms with Crippen molar-refractivity contribution < 1.29 is 5.11 Å². The molecular weight excluding hydrogens is 220 g/mol. The van der Waals surface area contributed by atoms with Crippen LogP contribution in [-0.2, 0) is 0 Å². The predicted molar refractivity (Wildman–Crippen MR) is 75.1 cm³/mol. The molecule has 0 heterocycles. The summed E-state index contributed by atoms with van der Waals surface area (Å²) in [5, 5.41) is 10.4. The van der Waals surface area contributed by atoms with E-state index >= 15 is 0 Å². The van der Waals surface area contributed by atoms with Crippen LogP contribution in [0.15, 0.2) is 71.5 Å². The molecule has 0 spiro atoms. The molecule has 1 N–H and O–H groups in total. The van der Waals surface area contributed by atoms with Gasteiger partial charge in [0.05, 0.1) is 0 Å². The van der Waals surface area contributed by atoms with Gasteiger partial charge in [0.2, 0.25) is 0 Å². The van der Waals surface area contributed by atoms with Gasteiger partial charge in [-0.05, 0) is 36.0 Å². The second-order valence-corrected chi connectivity index (χ2v) is 4.70. The minimum Gasteiger partial charge on any atom is -0.507 e. The fourth-order valence-electron chi connectivity index (χ4n) is 2.67. The van der Waals surface area contributed by atoms with Crippen LogP contribution in [-0.4, -0.2) is 5.11 Å². The van der Waals surface area contributed by atoms with Gasteiger partial charge >= 0.3 is 0 Å². The van der Waals surface area contributed by atoms with Gasteiger partial charge in [-0.2, -0.15) is 0 Å². The van der Waals surface area contributed by atoms with Gasteiger partial charge in [0.15, 0.2) is 0 Å². The Balaban J connectivity index is 2.07.